The number of amides is 1. The summed E-state index contributed by atoms with van der Waals surface area (Å²) in [6.45, 7) is 6.75. The van der Waals surface area contributed by atoms with Crippen molar-refractivity contribution in [2.75, 3.05) is 18.2 Å². The van der Waals surface area contributed by atoms with Crippen LogP contribution in [0.4, 0.5) is 11.5 Å². The number of nitrogens with one attached hydrogen (secondary N) is 1. The van der Waals surface area contributed by atoms with E-state index in [1.165, 1.54) is 5.19 Å². The molecule has 0 aliphatic carbocycles. The van der Waals surface area contributed by atoms with E-state index in [4.69, 9.17) is 10.5 Å². The van der Waals surface area contributed by atoms with Gasteiger partial charge in [-0.1, -0.05) is 25.7 Å². The molecule has 1 amide bonds. The highest BCUT2D eigenvalue weighted by Gasteiger charge is 2.17. The normalized spacial score (nSPS) is 11.1. The van der Waals surface area contributed by atoms with Gasteiger partial charge >= 0.3 is 0 Å². The molecule has 2 aromatic rings. The molecule has 0 spiro atoms. The second-order valence-electron chi connectivity index (χ2n) is 6.09. The van der Waals surface area contributed by atoms with E-state index in [0.29, 0.717) is 22.8 Å². The zero-order chi connectivity index (χ0) is 16.3. The molecule has 0 radical (unpaired) electrons. The van der Waals surface area contributed by atoms with Crippen molar-refractivity contribution < 1.29 is 9.53 Å². The van der Waals surface area contributed by atoms with E-state index in [9.17, 15) is 4.79 Å². The standard InChI is InChI=1S/C16H21N3O2Si/c1-21-11-5-7-14(17)13(9-11)16(20)19-15-8-6-12(10-18-15)22(2,3)4/h5-10H,17H2,1-4H3,(H,18,19,20). The summed E-state index contributed by atoms with van der Waals surface area (Å²) in [6.07, 6.45) is 1.83. The van der Waals surface area contributed by atoms with Crippen LogP contribution in [0.5, 0.6) is 5.75 Å². The summed E-state index contributed by atoms with van der Waals surface area (Å²) < 4.78 is 5.12. The van der Waals surface area contributed by atoms with Crippen molar-refractivity contribution >= 4 is 30.7 Å². The summed E-state index contributed by atoms with van der Waals surface area (Å²) in [7, 11) is 0.152. The number of ether oxygens (including phenoxy) is 1. The Bertz CT molecular complexity index is 679. The van der Waals surface area contributed by atoms with Gasteiger partial charge in [0.05, 0.1) is 20.7 Å². The van der Waals surface area contributed by atoms with Crippen molar-refractivity contribution in [2.24, 2.45) is 0 Å². The zero-order valence-corrected chi connectivity index (χ0v) is 14.3. The fraction of sp³-hybridized carbons (Fsp3) is 0.250. The number of carbonyl (C=O) groups excluding carboxylic acids is 1. The summed E-state index contributed by atoms with van der Waals surface area (Å²) >= 11 is 0. The first kappa shape index (κ1) is 16.0. The molecule has 0 atom stereocenters. The molecule has 0 saturated heterocycles. The Morgan fingerprint density at radius 2 is 1.95 bits per heavy atom. The number of nitrogens with two attached hydrogens (primary N) is 1. The molecule has 0 fully saturated rings. The SMILES string of the molecule is COc1ccc(N)c(C(=O)Nc2ccc([Si](C)(C)C)cn2)c1. The predicted molar refractivity (Wildman–Crippen MR) is 92.6 cm³/mol. The minimum Gasteiger partial charge on any atom is -0.497 e. The molecular weight excluding hydrogens is 294 g/mol. The number of benzene rings is 1. The van der Waals surface area contributed by atoms with Gasteiger partial charge < -0.3 is 15.8 Å². The number of nitrogen functional groups attached to an aromatic ring is 1. The third-order valence-corrected chi connectivity index (χ3v) is 5.40. The van der Waals surface area contributed by atoms with Crippen LogP contribution in [0.15, 0.2) is 36.5 Å². The number of hydrogen-bond acceptors (Lipinski definition) is 4. The van der Waals surface area contributed by atoms with Crippen LogP contribution in [0.2, 0.25) is 19.6 Å². The van der Waals surface area contributed by atoms with E-state index in [1.54, 1.807) is 25.3 Å². The number of pyridine rings is 1. The van der Waals surface area contributed by atoms with E-state index in [2.05, 4.69) is 29.9 Å². The lowest BCUT2D eigenvalue weighted by Crippen LogP contribution is -2.37. The smallest absolute Gasteiger partial charge is 0.259 e. The Labute approximate surface area is 131 Å². The molecular formula is C16H21N3O2Si. The summed E-state index contributed by atoms with van der Waals surface area (Å²) in [5, 5.41) is 4.00. The van der Waals surface area contributed by atoms with Gasteiger partial charge in [0.15, 0.2) is 0 Å². The van der Waals surface area contributed by atoms with Gasteiger partial charge in [-0.3, -0.25) is 4.79 Å². The van der Waals surface area contributed by atoms with E-state index >= 15 is 0 Å². The zero-order valence-electron chi connectivity index (χ0n) is 13.3. The van der Waals surface area contributed by atoms with Crippen LogP contribution in [-0.4, -0.2) is 26.1 Å². The van der Waals surface area contributed by atoms with E-state index in [0.717, 1.165) is 0 Å². The van der Waals surface area contributed by atoms with Gasteiger partial charge in [-0.2, -0.15) is 0 Å². The Balaban J connectivity index is 2.19. The molecule has 2 rings (SSSR count). The van der Waals surface area contributed by atoms with Gasteiger partial charge in [-0.05, 0) is 29.5 Å². The number of anilines is 2. The topological polar surface area (TPSA) is 77.2 Å². The number of rotatable bonds is 4. The van der Waals surface area contributed by atoms with Crippen LogP contribution >= 0.6 is 0 Å². The number of hydrogen-bond donors (Lipinski definition) is 2. The molecule has 0 bridgehead atoms. The fourth-order valence-electron chi connectivity index (χ4n) is 1.95. The Morgan fingerprint density at radius 1 is 1.23 bits per heavy atom. The predicted octanol–water partition coefficient (Wildman–Crippen LogP) is 2.47. The number of carbonyl (C=O) groups is 1. The third-order valence-electron chi connectivity index (χ3n) is 3.38. The highest BCUT2D eigenvalue weighted by Crippen LogP contribution is 2.20. The van der Waals surface area contributed by atoms with Crippen molar-refractivity contribution in [1.82, 2.24) is 4.98 Å². The molecule has 3 N–H and O–H groups in total. The van der Waals surface area contributed by atoms with Crippen molar-refractivity contribution in [3.05, 3.63) is 42.1 Å². The Kier molecular flexibility index (Phi) is 4.51. The molecule has 6 heteroatoms. The van der Waals surface area contributed by atoms with Crippen LogP contribution in [-0.2, 0) is 0 Å². The maximum atomic E-state index is 12.3. The largest absolute Gasteiger partial charge is 0.497 e. The molecule has 0 saturated carbocycles. The van der Waals surface area contributed by atoms with Crippen molar-refractivity contribution in [3.8, 4) is 5.75 Å². The first-order valence-corrected chi connectivity index (χ1v) is 10.5. The lowest BCUT2D eigenvalue weighted by molar-refractivity contribution is 0.102. The molecule has 1 aromatic heterocycles. The number of methoxy groups -OCH3 is 1. The Hall–Kier alpha value is -2.34. The number of aromatic nitrogens is 1. The molecule has 116 valence electrons. The van der Waals surface area contributed by atoms with Crippen molar-refractivity contribution in [1.29, 1.82) is 0 Å². The molecule has 1 aromatic carbocycles. The number of nitrogens with zero attached hydrogens (tertiary/aromatic N) is 1. The van der Waals surface area contributed by atoms with E-state index < -0.39 is 8.07 Å². The minimum absolute atomic E-state index is 0.301. The maximum Gasteiger partial charge on any atom is 0.259 e. The monoisotopic (exact) mass is 315 g/mol. The van der Waals surface area contributed by atoms with Gasteiger partial charge in [0, 0.05) is 11.9 Å². The van der Waals surface area contributed by atoms with Gasteiger partial charge in [0.2, 0.25) is 0 Å². The molecule has 22 heavy (non-hydrogen) atoms. The van der Waals surface area contributed by atoms with Crippen LogP contribution < -0.4 is 21.0 Å². The van der Waals surface area contributed by atoms with E-state index in [1.807, 2.05) is 18.3 Å². The summed E-state index contributed by atoms with van der Waals surface area (Å²) in [4.78, 5) is 16.6. The molecule has 0 aliphatic rings. The highest BCUT2D eigenvalue weighted by atomic mass is 28.3. The summed E-state index contributed by atoms with van der Waals surface area (Å²) in [5.74, 6) is 0.792. The maximum absolute atomic E-state index is 12.3. The van der Waals surface area contributed by atoms with Crippen molar-refractivity contribution in [2.45, 2.75) is 19.6 Å². The first-order chi connectivity index (χ1) is 10.3. The molecule has 0 unspecified atom stereocenters. The highest BCUT2D eigenvalue weighted by molar-refractivity contribution is 6.88. The summed E-state index contributed by atoms with van der Waals surface area (Å²) in [6, 6.07) is 8.81. The Morgan fingerprint density at radius 3 is 2.50 bits per heavy atom. The van der Waals surface area contributed by atoms with Gasteiger partial charge in [-0.15, -0.1) is 0 Å². The molecule has 5 nitrogen and oxygen atoms in total. The quantitative estimate of drug-likeness (QED) is 0.671. The third kappa shape index (κ3) is 3.65. The lowest BCUT2D eigenvalue weighted by atomic mass is 10.1. The van der Waals surface area contributed by atoms with Gasteiger partial charge in [-0.25, -0.2) is 4.98 Å². The second-order valence-corrected chi connectivity index (χ2v) is 11.2. The van der Waals surface area contributed by atoms with Crippen LogP contribution in [0.1, 0.15) is 10.4 Å². The fourth-order valence-corrected chi connectivity index (χ4v) is 2.99. The van der Waals surface area contributed by atoms with Gasteiger partial charge in [0.25, 0.3) is 5.91 Å². The average molecular weight is 315 g/mol. The molecule has 1 heterocycles. The minimum atomic E-state index is -1.39. The van der Waals surface area contributed by atoms with Crippen LogP contribution in [0.3, 0.4) is 0 Å². The van der Waals surface area contributed by atoms with Crippen LogP contribution in [0.25, 0.3) is 0 Å². The molecule has 0 aliphatic heterocycles. The average Bonchev–Trinajstić information content (AvgIpc) is 2.47. The van der Waals surface area contributed by atoms with Gasteiger partial charge in [0.1, 0.15) is 11.6 Å². The lowest BCUT2D eigenvalue weighted by Gasteiger charge is -2.16. The van der Waals surface area contributed by atoms with Crippen LogP contribution in [0, 0.1) is 0 Å². The van der Waals surface area contributed by atoms with Crippen molar-refractivity contribution in [3.63, 3.8) is 0 Å². The van der Waals surface area contributed by atoms with E-state index in [-0.39, 0.29) is 5.91 Å². The summed E-state index contributed by atoms with van der Waals surface area (Å²) in [5.41, 5.74) is 6.62. The first-order valence-electron chi connectivity index (χ1n) is 7.02. The second kappa shape index (κ2) is 6.19.